The smallest absolute Gasteiger partial charge is 0.199 e. The van der Waals surface area contributed by atoms with Gasteiger partial charge in [0.1, 0.15) is 5.75 Å². The van der Waals surface area contributed by atoms with E-state index in [1.165, 1.54) is 44.1 Å². The van der Waals surface area contributed by atoms with Crippen molar-refractivity contribution in [3.05, 3.63) is 29.8 Å². The molecular formula is C21H34O2. The van der Waals surface area contributed by atoms with Crippen molar-refractivity contribution >= 4 is 0 Å². The summed E-state index contributed by atoms with van der Waals surface area (Å²) in [6.07, 6.45) is 10.1. The minimum Gasteiger partial charge on any atom is -0.465 e. The van der Waals surface area contributed by atoms with Crippen LogP contribution in [-0.2, 0) is 4.74 Å². The third-order valence-electron chi connectivity index (χ3n) is 5.19. The Morgan fingerprint density at radius 1 is 1.09 bits per heavy atom. The highest BCUT2D eigenvalue weighted by Gasteiger charge is 2.15. The molecule has 2 unspecified atom stereocenters. The van der Waals surface area contributed by atoms with Crippen LogP contribution in [0.2, 0.25) is 0 Å². The van der Waals surface area contributed by atoms with Gasteiger partial charge in [0.2, 0.25) is 0 Å². The van der Waals surface area contributed by atoms with Crippen molar-refractivity contribution < 1.29 is 9.47 Å². The second-order valence-corrected chi connectivity index (χ2v) is 7.00. The molecule has 130 valence electrons. The molecule has 0 saturated heterocycles. The van der Waals surface area contributed by atoms with Gasteiger partial charge in [-0.2, -0.15) is 0 Å². The summed E-state index contributed by atoms with van der Waals surface area (Å²) in [5, 5.41) is 0. The summed E-state index contributed by atoms with van der Waals surface area (Å²) in [6, 6.07) is 8.48. The molecule has 1 fully saturated rings. The molecule has 2 atom stereocenters. The molecule has 1 saturated carbocycles. The van der Waals surface area contributed by atoms with Crippen LogP contribution in [0.25, 0.3) is 0 Å². The minimum absolute atomic E-state index is 0.120. The van der Waals surface area contributed by atoms with Crippen LogP contribution >= 0.6 is 0 Å². The summed E-state index contributed by atoms with van der Waals surface area (Å²) >= 11 is 0. The average Bonchev–Trinajstić information content (AvgIpc) is 2.61. The lowest BCUT2D eigenvalue weighted by Crippen LogP contribution is -2.21. The van der Waals surface area contributed by atoms with Crippen LogP contribution in [0, 0.1) is 5.92 Å². The van der Waals surface area contributed by atoms with E-state index >= 15 is 0 Å². The summed E-state index contributed by atoms with van der Waals surface area (Å²) in [4.78, 5) is 0. The van der Waals surface area contributed by atoms with Crippen LogP contribution in [0.5, 0.6) is 5.75 Å². The van der Waals surface area contributed by atoms with Gasteiger partial charge < -0.3 is 9.47 Å². The maximum Gasteiger partial charge on any atom is 0.199 e. The van der Waals surface area contributed by atoms with E-state index in [2.05, 4.69) is 39.0 Å². The summed E-state index contributed by atoms with van der Waals surface area (Å²) in [7, 11) is 0. The predicted octanol–water partition coefficient (Wildman–Crippen LogP) is 6.30. The second-order valence-electron chi connectivity index (χ2n) is 7.00. The first-order chi connectivity index (χ1) is 11.2. The molecule has 1 aliphatic carbocycles. The zero-order valence-corrected chi connectivity index (χ0v) is 15.2. The van der Waals surface area contributed by atoms with Crippen LogP contribution < -0.4 is 4.74 Å². The van der Waals surface area contributed by atoms with E-state index < -0.39 is 0 Å². The van der Waals surface area contributed by atoms with Gasteiger partial charge in [-0.05, 0) is 42.4 Å². The van der Waals surface area contributed by atoms with Gasteiger partial charge in [-0.25, -0.2) is 0 Å². The summed E-state index contributed by atoms with van der Waals surface area (Å²) in [6.45, 7) is 7.44. The van der Waals surface area contributed by atoms with Gasteiger partial charge in [0.15, 0.2) is 6.29 Å². The first-order valence-electron chi connectivity index (χ1n) is 9.61. The number of hydrogen-bond donors (Lipinski definition) is 0. The fourth-order valence-corrected chi connectivity index (χ4v) is 3.36. The zero-order valence-electron chi connectivity index (χ0n) is 15.2. The lowest BCUT2D eigenvalue weighted by molar-refractivity contribution is -0.0856. The maximum atomic E-state index is 6.07. The van der Waals surface area contributed by atoms with Gasteiger partial charge in [0, 0.05) is 6.42 Å². The molecule has 0 aliphatic heterocycles. The van der Waals surface area contributed by atoms with Crippen molar-refractivity contribution in [1.82, 2.24) is 0 Å². The number of hydrogen-bond acceptors (Lipinski definition) is 2. The predicted molar refractivity (Wildman–Crippen MR) is 97.0 cm³/mol. The SMILES string of the molecule is CCC(OCCC1CCCCC1)Oc1cccc(C(C)CC)c1. The van der Waals surface area contributed by atoms with Gasteiger partial charge in [0.25, 0.3) is 0 Å². The molecule has 1 aromatic carbocycles. The Hall–Kier alpha value is -1.02. The standard InChI is InChI=1S/C21H34O2/c1-4-17(3)19-12-9-13-20(16-19)23-21(5-2)22-15-14-18-10-7-6-8-11-18/h9,12-13,16-18,21H,4-8,10-11,14-15H2,1-3H3. The molecule has 2 rings (SSSR count). The number of benzene rings is 1. The van der Waals surface area contributed by atoms with Crippen molar-refractivity contribution in [2.24, 2.45) is 5.92 Å². The fraction of sp³-hybridized carbons (Fsp3) is 0.714. The molecule has 0 spiro atoms. The normalized spacial score (nSPS) is 18.6. The number of ether oxygens (including phenoxy) is 2. The van der Waals surface area contributed by atoms with Crippen molar-refractivity contribution in [2.45, 2.75) is 84.3 Å². The van der Waals surface area contributed by atoms with E-state index in [1.807, 2.05) is 6.07 Å². The van der Waals surface area contributed by atoms with Crippen LogP contribution in [0.15, 0.2) is 24.3 Å². The summed E-state index contributed by atoms with van der Waals surface area (Å²) in [5.74, 6) is 2.38. The quantitative estimate of drug-likeness (QED) is 0.497. The summed E-state index contributed by atoms with van der Waals surface area (Å²) in [5.41, 5.74) is 1.35. The third kappa shape index (κ3) is 6.18. The van der Waals surface area contributed by atoms with E-state index in [-0.39, 0.29) is 6.29 Å². The molecule has 0 amide bonds. The molecule has 1 aliphatic rings. The molecular weight excluding hydrogens is 284 g/mol. The first-order valence-corrected chi connectivity index (χ1v) is 9.61. The molecule has 2 nitrogen and oxygen atoms in total. The lowest BCUT2D eigenvalue weighted by Gasteiger charge is -2.23. The van der Waals surface area contributed by atoms with Crippen molar-refractivity contribution in [3.8, 4) is 5.75 Å². The largest absolute Gasteiger partial charge is 0.465 e. The van der Waals surface area contributed by atoms with E-state index in [1.54, 1.807) is 0 Å². The third-order valence-corrected chi connectivity index (χ3v) is 5.19. The van der Waals surface area contributed by atoms with Crippen LogP contribution in [0.3, 0.4) is 0 Å². The molecule has 0 heterocycles. The Balaban J connectivity index is 1.79. The van der Waals surface area contributed by atoms with Gasteiger partial charge in [-0.3, -0.25) is 0 Å². The van der Waals surface area contributed by atoms with E-state index in [0.29, 0.717) is 5.92 Å². The minimum atomic E-state index is -0.120. The second kappa shape index (κ2) is 9.97. The summed E-state index contributed by atoms with van der Waals surface area (Å²) < 4.78 is 12.1. The molecule has 0 N–H and O–H groups in total. The van der Waals surface area contributed by atoms with Crippen LogP contribution in [0.1, 0.15) is 83.6 Å². The Morgan fingerprint density at radius 2 is 1.87 bits per heavy atom. The van der Waals surface area contributed by atoms with Crippen LogP contribution in [0.4, 0.5) is 0 Å². The Morgan fingerprint density at radius 3 is 2.57 bits per heavy atom. The molecule has 0 radical (unpaired) electrons. The Bertz CT molecular complexity index is 437. The monoisotopic (exact) mass is 318 g/mol. The van der Waals surface area contributed by atoms with Gasteiger partial charge >= 0.3 is 0 Å². The van der Waals surface area contributed by atoms with E-state index in [4.69, 9.17) is 9.47 Å². The Kier molecular flexibility index (Phi) is 7.94. The molecule has 2 heteroatoms. The van der Waals surface area contributed by atoms with Gasteiger partial charge in [-0.15, -0.1) is 0 Å². The number of rotatable bonds is 9. The Labute approximate surface area is 142 Å². The van der Waals surface area contributed by atoms with E-state index in [9.17, 15) is 0 Å². The average molecular weight is 319 g/mol. The highest BCUT2D eigenvalue weighted by atomic mass is 16.7. The molecule has 0 aromatic heterocycles. The highest BCUT2D eigenvalue weighted by molar-refractivity contribution is 5.30. The highest BCUT2D eigenvalue weighted by Crippen LogP contribution is 2.27. The molecule has 23 heavy (non-hydrogen) atoms. The van der Waals surface area contributed by atoms with Crippen molar-refractivity contribution in [3.63, 3.8) is 0 Å². The van der Waals surface area contributed by atoms with Gasteiger partial charge in [0.05, 0.1) is 6.61 Å². The zero-order chi connectivity index (χ0) is 16.5. The van der Waals surface area contributed by atoms with Gasteiger partial charge in [-0.1, -0.05) is 65.0 Å². The van der Waals surface area contributed by atoms with Crippen molar-refractivity contribution in [1.29, 1.82) is 0 Å². The van der Waals surface area contributed by atoms with E-state index in [0.717, 1.165) is 31.1 Å². The molecule has 0 bridgehead atoms. The van der Waals surface area contributed by atoms with Crippen LogP contribution in [-0.4, -0.2) is 12.9 Å². The van der Waals surface area contributed by atoms with Crippen molar-refractivity contribution in [2.75, 3.05) is 6.61 Å². The lowest BCUT2D eigenvalue weighted by atomic mass is 9.87. The molecule has 1 aromatic rings. The fourth-order valence-electron chi connectivity index (χ4n) is 3.36. The maximum absolute atomic E-state index is 6.07. The first kappa shape index (κ1) is 18.3. The topological polar surface area (TPSA) is 18.5 Å².